The number of carbonyl (C=O) groups excluding carboxylic acids is 2. The highest BCUT2D eigenvalue weighted by atomic mass is 16.5. The van der Waals surface area contributed by atoms with Crippen molar-refractivity contribution in [1.82, 2.24) is 0 Å². The highest BCUT2D eigenvalue weighted by Gasteiger charge is 2.13. The Balaban J connectivity index is 1.25. The number of carbonyl (C=O) groups is 2. The third-order valence-corrected chi connectivity index (χ3v) is 6.89. The molecule has 4 aromatic rings. The number of hydrogen-bond acceptors (Lipinski definition) is 3. The van der Waals surface area contributed by atoms with Crippen molar-refractivity contribution in [2.75, 3.05) is 10.6 Å². The number of hydrogen-bond donors (Lipinski definition) is 2. The van der Waals surface area contributed by atoms with E-state index in [0.29, 0.717) is 22.9 Å². The summed E-state index contributed by atoms with van der Waals surface area (Å²) in [6.45, 7) is 13.0. The second-order valence-electron chi connectivity index (χ2n) is 12.5. The molecule has 43 heavy (non-hydrogen) atoms. The summed E-state index contributed by atoms with van der Waals surface area (Å²) in [4.78, 5) is 24.8. The van der Waals surface area contributed by atoms with E-state index in [4.69, 9.17) is 4.74 Å². The molecule has 0 aliphatic carbocycles. The average Bonchev–Trinajstić information content (AvgIpc) is 2.96. The van der Waals surface area contributed by atoms with Gasteiger partial charge in [-0.2, -0.15) is 0 Å². The molecule has 0 atom stereocenters. The number of anilines is 2. The molecule has 0 saturated heterocycles. The standard InChI is InChI=1S/C38H40N2O3/c1-37(2,3)29-13-7-27(8-14-29)11-25-35(41)39-31-17-21-33(22-18-31)43-34-23-19-32(20-24-34)40-36(42)26-12-28-9-15-30(16-10-28)38(4,5)6/h7-26H,1-6H3,(H,39,41)(H,40,42). The molecule has 0 spiro atoms. The van der Waals surface area contributed by atoms with Crippen molar-refractivity contribution in [1.29, 1.82) is 0 Å². The predicted octanol–water partition coefficient (Wildman–Crippen LogP) is 9.38. The van der Waals surface area contributed by atoms with Gasteiger partial charge in [-0.25, -0.2) is 0 Å². The van der Waals surface area contributed by atoms with Crippen LogP contribution in [0.1, 0.15) is 63.8 Å². The molecule has 2 N–H and O–H groups in total. The van der Waals surface area contributed by atoms with Crippen LogP contribution in [-0.2, 0) is 20.4 Å². The number of nitrogens with one attached hydrogen (secondary N) is 2. The molecular weight excluding hydrogens is 532 g/mol. The Morgan fingerprint density at radius 2 is 0.837 bits per heavy atom. The van der Waals surface area contributed by atoms with Gasteiger partial charge >= 0.3 is 0 Å². The minimum absolute atomic E-state index is 0.0920. The van der Waals surface area contributed by atoms with Crippen LogP contribution in [0.4, 0.5) is 11.4 Å². The number of amides is 2. The maximum atomic E-state index is 12.4. The summed E-state index contributed by atoms with van der Waals surface area (Å²) in [5, 5.41) is 5.73. The lowest BCUT2D eigenvalue weighted by atomic mass is 9.87. The van der Waals surface area contributed by atoms with E-state index in [2.05, 4.69) is 76.4 Å². The van der Waals surface area contributed by atoms with Crippen LogP contribution in [0, 0.1) is 0 Å². The topological polar surface area (TPSA) is 67.4 Å². The molecule has 5 heteroatoms. The van der Waals surface area contributed by atoms with Crippen molar-refractivity contribution in [3.05, 3.63) is 131 Å². The summed E-state index contributed by atoms with van der Waals surface area (Å²) in [7, 11) is 0. The third-order valence-electron chi connectivity index (χ3n) is 6.89. The van der Waals surface area contributed by atoms with Crippen LogP contribution in [0.5, 0.6) is 11.5 Å². The maximum absolute atomic E-state index is 12.4. The molecule has 0 bridgehead atoms. The fraction of sp³-hybridized carbons (Fsp3) is 0.211. The molecule has 0 aliphatic heterocycles. The maximum Gasteiger partial charge on any atom is 0.248 e. The Morgan fingerprint density at radius 3 is 1.14 bits per heavy atom. The molecule has 0 heterocycles. The third kappa shape index (κ3) is 9.57. The quantitative estimate of drug-likeness (QED) is 0.207. The van der Waals surface area contributed by atoms with Crippen molar-refractivity contribution in [3.63, 3.8) is 0 Å². The van der Waals surface area contributed by atoms with Crippen LogP contribution in [-0.4, -0.2) is 11.8 Å². The zero-order valence-corrected chi connectivity index (χ0v) is 25.8. The lowest BCUT2D eigenvalue weighted by molar-refractivity contribution is -0.112. The summed E-state index contributed by atoms with van der Waals surface area (Å²) in [5.74, 6) is 0.841. The molecule has 0 radical (unpaired) electrons. The van der Waals surface area contributed by atoms with E-state index in [-0.39, 0.29) is 22.6 Å². The minimum Gasteiger partial charge on any atom is -0.457 e. The van der Waals surface area contributed by atoms with Crippen LogP contribution < -0.4 is 15.4 Å². The van der Waals surface area contributed by atoms with Crippen molar-refractivity contribution in [3.8, 4) is 11.5 Å². The normalized spacial score (nSPS) is 12.0. The lowest BCUT2D eigenvalue weighted by Crippen LogP contribution is -2.10. The summed E-state index contributed by atoms with van der Waals surface area (Å²) in [5.41, 5.74) is 5.96. The molecule has 4 rings (SSSR count). The van der Waals surface area contributed by atoms with Gasteiger partial charge in [0.2, 0.25) is 11.8 Å². The smallest absolute Gasteiger partial charge is 0.248 e. The molecule has 4 aromatic carbocycles. The van der Waals surface area contributed by atoms with Gasteiger partial charge in [0.25, 0.3) is 0 Å². The van der Waals surface area contributed by atoms with Crippen molar-refractivity contribution >= 4 is 35.3 Å². The Hall–Kier alpha value is -4.90. The number of rotatable bonds is 8. The highest BCUT2D eigenvalue weighted by molar-refractivity contribution is 6.02. The first kappa shape index (κ1) is 31.0. The van der Waals surface area contributed by atoms with Gasteiger partial charge in [-0.3, -0.25) is 9.59 Å². The van der Waals surface area contributed by atoms with Gasteiger partial charge < -0.3 is 15.4 Å². The van der Waals surface area contributed by atoms with Gasteiger partial charge in [0.05, 0.1) is 0 Å². The SMILES string of the molecule is CC(C)(C)c1ccc(C=CC(=O)Nc2ccc(Oc3ccc(NC(=O)C=Cc4ccc(C(C)(C)C)cc4)cc3)cc2)cc1. The van der Waals surface area contributed by atoms with E-state index in [1.165, 1.54) is 23.3 Å². The van der Waals surface area contributed by atoms with E-state index >= 15 is 0 Å². The highest BCUT2D eigenvalue weighted by Crippen LogP contribution is 2.26. The van der Waals surface area contributed by atoms with E-state index in [1.54, 1.807) is 60.7 Å². The fourth-order valence-electron chi connectivity index (χ4n) is 4.25. The van der Waals surface area contributed by atoms with Gasteiger partial charge in [-0.15, -0.1) is 0 Å². The Labute approximate surface area is 255 Å². The Bertz CT molecular complexity index is 1460. The molecule has 0 aliphatic rings. The van der Waals surface area contributed by atoms with Gasteiger partial charge in [0, 0.05) is 23.5 Å². The summed E-state index contributed by atoms with van der Waals surface area (Å²) < 4.78 is 5.92. The van der Waals surface area contributed by atoms with Gasteiger partial charge in [0.15, 0.2) is 0 Å². The first-order valence-electron chi connectivity index (χ1n) is 14.4. The van der Waals surface area contributed by atoms with Crippen LogP contribution >= 0.6 is 0 Å². The van der Waals surface area contributed by atoms with Crippen LogP contribution in [0.2, 0.25) is 0 Å². The average molecular weight is 573 g/mol. The molecule has 2 amide bonds. The van der Waals surface area contributed by atoms with E-state index in [1.807, 2.05) is 24.3 Å². The molecule has 0 saturated carbocycles. The van der Waals surface area contributed by atoms with Gasteiger partial charge in [-0.05, 0) is 93.8 Å². The zero-order valence-electron chi connectivity index (χ0n) is 25.8. The van der Waals surface area contributed by atoms with Crippen molar-refractivity contribution < 1.29 is 14.3 Å². The molecule has 5 nitrogen and oxygen atoms in total. The Kier molecular flexibility index (Phi) is 9.66. The Morgan fingerprint density at radius 1 is 0.512 bits per heavy atom. The minimum atomic E-state index is -0.209. The van der Waals surface area contributed by atoms with Gasteiger partial charge in [0.1, 0.15) is 11.5 Å². The first-order chi connectivity index (χ1) is 20.3. The number of ether oxygens (including phenoxy) is 1. The van der Waals surface area contributed by atoms with E-state index < -0.39 is 0 Å². The summed E-state index contributed by atoms with van der Waals surface area (Å²) in [6, 6.07) is 30.7. The predicted molar refractivity (Wildman–Crippen MR) is 179 cm³/mol. The molecule has 0 unspecified atom stereocenters. The molecule has 0 fully saturated rings. The first-order valence-corrected chi connectivity index (χ1v) is 14.4. The van der Waals surface area contributed by atoms with Gasteiger partial charge in [-0.1, -0.05) is 90.1 Å². The molecule has 220 valence electrons. The van der Waals surface area contributed by atoms with Crippen LogP contribution in [0.3, 0.4) is 0 Å². The van der Waals surface area contributed by atoms with Crippen molar-refractivity contribution in [2.24, 2.45) is 0 Å². The zero-order chi connectivity index (χ0) is 31.0. The van der Waals surface area contributed by atoms with Crippen molar-refractivity contribution in [2.45, 2.75) is 52.4 Å². The van der Waals surface area contributed by atoms with E-state index in [0.717, 1.165) is 11.1 Å². The fourth-order valence-corrected chi connectivity index (χ4v) is 4.25. The van der Waals surface area contributed by atoms with Crippen LogP contribution in [0.25, 0.3) is 12.2 Å². The monoisotopic (exact) mass is 572 g/mol. The second kappa shape index (κ2) is 13.4. The second-order valence-corrected chi connectivity index (χ2v) is 12.5. The molecule has 0 aromatic heterocycles. The van der Waals surface area contributed by atoms with E-state index in [9.17, 15) is 9.59 Å². The lowest BCUT2D eigenvalue weighted by Gasteiger charge is -2.18. The largest absolute Gasteiger partial charge is 0.457 e. The van der Waals surface area contributed by atoms with Crippen LogP contribution in [0.15, 0.2) is 109 Å². The number of benzene rings is 4. The summed E-state index contributed by atoms with van der Waals surface area (Å²) in [6.07, 6.45) is 6.65. The summed E-state index contributed by atoms with van der Waals surface area (Å²) >= 11 is 0. The molecular formula is C38H40N2O3.